The average Bonchev–Trinajstić information content (AvgIpc) is 2.86. The quantitative estimate of drug-likeness (QED) is 0.856. The van der Waals surface area contributed by atoms with Crippen molar-refractivity contribution < 1.29 is 14.5 Å². The number of hydrogen-bond acceptors (Lipinski definition) is 2. The van der Waals surface area contributed by atoms with E-state index in [2.05, 4.69) is 0 Å². The summed E-state index contributed by atoms with van der Waals surface area (Å²) in [6.07, 6.45) is 1.81. The van der Waals surface area contributed by atoms with Crippen molar-refractivity contribution >= 4 is 23.5 Å². The lowest BCUT2D eigenvalue weighted by Crippen LogP contribution is -3.07. The number of allylic oxidation sites excluding steroid dienone is 1. The first-order chi connectivity index (χ1) is 10.1. The molecule has 1 N–H and O–H groups in total. The van der Waals surface area contributed by atoms with Gasteiger partial charge in [-0.2, -0.15) is 0 Å². The van der Waals surface area contributed by atoms with Gasteiger partial charge < -0.3 is 0 Å². The molecule has 1 heterocycles. The standard InChI is InChI=1S/C18H15NO2/c1-12-7-9-14(10-8-12)18(21)17-11-15-5-3-4-6-16(15)19(17)13(2)20/h3-11H,1-2H3/p+1. The van der Waals surface area contributed by atoms with Gasteiger partial charge in [0, 0.05) is 23.3 Å². The van der Waals surface area contributed by atoms with E-state index in [1.165, 1.54) is 6.92 Å². The molecule has 0 aromatic heterocycles. The van der Waals surface area contributed by atoms with Gasteiger partial charge in [-0.3, -0.25) is 4.79 Å². The summed E-state index contributed by atoms with van der Waals surface area (Å²) in [4.78, 5) is 25.2. The Morgan fingerprint density at radius 3 is 2.29 bits per heavy atom. The van der Waals surface area contributed by atoms with Crippen LogP contribution in [0.1, 0.15) is 28.4 Å². The summed E-state index contributed by atoms with van der Waals surface area (Å²) in [6, 6.07) is 15.0. The summed E-state index contributed by atoms with van der Waals surface area (Å²) >= 11 is 0. The monoisotopic (exact) mass is 278 g/mol. The topological polar surface area (TPSA) is 38.6 Å². The van der Waals surface area contributed by atoms with Crippen LogP contribution in [0.15, 0.2) is 54.2 Å². The van der Waals surface area contributed by atoms with Crippen LogP contribution in [0.5, 0.6) is 0 Å². The zero-order valence-corrected chi connectivity index (χ0v) is 12.0. The number of amides is 1. The molecular weight excluding hydrogens is 262 g/mol. The molecule has 1 atom stereocenters. The first-order valence-corrected chi connectivity index (χ1v) is 6.88. The first-order valence-electron chi connectivity index (χ1n) is 6.88. The molecule has 1 aliphatic rings. The van der Waals surface area contributed by atoms with Crippen LogP contribution in [0.2, 0.25) is 0 Å². The maximum absolute atomic E-state index is 12.7. The van der Waals surface area contributed by atoms with Crippen LogP contribution in [-0.2, 0) is 4.79 Å². The Morgan fingerprint density at radius 2 is 1.62 bits per heavy atom. The smallest absolute Gasteiger partial charge is 0.283 e. The fourth-order valence-corrected chi connectivity index (χ4v) is 2.64. The van der Waals surface area contributed by atoms with Gasteiger partial charge in [0.2, 0.25) is 5.78 Å². The van der Waals surface area contributed by atoms with E-state index in [0.717, 1.165) is 16.8 Å². The molecule has 2 aromatic carbocycles. The van der Waals surface area contributed by atoms with Gasteiger partial charge in [0.15, 0.2) is 11.4 Å². The van der Waals surface area contributed by atoms with Crippen molar-refractivity contribution in [1.82, 2.24) is 0 Å². The third-order valence-electron chi connectivity index (χ3n) is 3.71. The van der Waals surface area contributed by atoms with E-state index in [4.69, 9.17) is 0 Å². The van der Waals surface area contributed by atoms with E-state index in [-0.39, 0.29) is 11.7 Å². The Morgan fingerprint density at radius 1 is 0.952 bits per heavy atom. The molecule has 0 aliphatic carbocycles. The number of para-hydroxylation sites is 1. The zero-order chi connectivity index (χ0) is 15.0. The number of aryl methyl sites for hydroxylation is 1. The van der Waals surface area contributed by atoms with Crippen molar-refractivity contribution in [2.45, 2.75) is 13.8 Å². The highest BCUT2D eigenvalue weighted by atomic mass is 16.2. The lowest BCUT2D eigenvalue weighted by atomic mass is 10.1. The van der Waals surface area contributed by atoms with Crippen LogP contribution in [-0.4, -0.2) is 11.7 Å². The molecule has 0 radical (unpaired) electrons. The highest BCUT2D eigenvalue weighted by Gasteiger charge is 2.36. The summed E-state index contributed by atoms with van der Waals surface area (Å²) in [6.45, 7) is 3.49. The van der Waals surface area contributed by atoms with E-state index in [0.29, 0.717) is 16.2 Å². The number of fused-ring (bicyclic) bond motifs is 1. The van der Waals surface area contributed by atoms with Gasteiger partial charge in [-0.15, -0.1) is 0 Å². The minimum atomic E-state index is -0.101. The summed E-state index contributed by atoms with van der Waals surface area (Å²) in [5.74, 6) is -0.178. The Bertz CT molecular complexity index is 757. The Kier molecular flexibility index (Phi) is 3.28. The first kappa shape index (κ1) is 13.5. The average molecular weight is 278 g/mol. The number of hydrogen-bond donors (Lipinski definition) is 1. The molecule has 0 fully saturated rings. The summed E-state index contributed by atoms with van der Waals surface area (Å²) in [7, 11) is 0. The molecule has 3 rings (SSSR count). The van der Waals surface area contributed by atoms with Crippen molar-refractivity contribution in [3.8, 4) is 0 Å². The third-order valence-corrected chi connectivity index (χ3v) is 3.71. The predicted molar refractivity (Wildman–Crippen MR) is 81.2 cm³/mol. The summed E-state index contributed by atoms with van der Waals surface area (Å²) in [5, 5.41) is 0. The molecule has 0 bridgehead atoms. The molecule has 0 saturated heterocycles. The number of ketones is 1. The van der Waals surface area contributed by atoms with Crippen molar-refractivity contribution in [3.63, 3.8) is 0 Å². The van der Waals surface area contributed by atoms with Crippen LogP contribution in [0.4, 0.5) is 5.69 Å². The molecule has 2 aromatic rings. The Balaban J connectivity index is 2.04. The van der Waals surface area contributed by atoms with Crippen LogP contribution < -0.4 is 4.90 Å². The SMILES string of the molecule is CC(=O)[NH+]1C(C(=O)c2ccc(C)cc2)=Cc2ccccc21. The van der Waals surface area contributed by atoms with Crippen molar-refractivity contribution in [1.29, 1.82) is 0 Å². The minimum absolute atomic E-state index is 0.0772. The second kappa shape index (κ2) is 5.11. The van der Waals surface area contributed by atoms with Crippen LogP contribution in [0.25, 0.3) is 6.08 Å². The summed E-state index contributed by atoms with van der Waals surface area (Å²) in [5.41, 5.74) is 3.98. The number of quaternary nitrogens is 1. The molecule has 3 heteroatoms. The summed E-state index contributed by atoms with van der Waals surface area (Å²) < 4.78 is 0. The van der Waals surface area contributed by atoms with Crippen LogP contribution >= 0.6 is 0 Å². The highest BCUT2D eigenvalue weighted by molar-refractivity contribution is 6.11. The van der Waals surface area contributed by atoms with E-state index in [9.17, 15) is 9.59 Å². The molecule has 1 aliphatic heterocycles. The molecule has 1 amide bonds. The molecule has 104 valence electrons. The lowest BCUT2D eigenvalue weighted by Gasteiger charge is -2.12. The molecule has 21 heavy (non-hydrogen) atoms. The fourth-order valence-electron chi connectivity index (χ4n) is 2.64. The fraction of sp³-hybridized carbons (Fsp3) is 0.111. The van der Waals surface area contributed by atoms with Crippen molar-refractivity contribution in [3.05, 3.63) is 70.9 Å². The van der Waals surface area contributed by atoms with Gasteiger partial charge in [-0.05, 0) is 13.0 Å². The van der Waals surface area contributed by atoms with Crippen molar-refractivity contribution in [2.24, 2.45) is 0 Å². The van der Waals surface area contributed by atoms with Gasteiger partial charge in [0.1, 0.15) is 0 Å². The molecule has 0 spiro atoms. The van der Waals surface area contributed by atoms with Crippen molar-refractivity contribution in [2.75, 3.05) is 0 Å². The zero-order valence-electron chi connectivity index (χ0n) is 12.0. The van der Waals surface area contributed by atoms with Gasteiger partial charge in [0.25, 0.3) is 0 Å². The molecule has 3 nitrogen and oxygen atoms in total. The lowest BCUT2D eigenvalue weighted by molar-refractivity contribution is -0.693. The number of Topliss-reactive ketones (excluding diaryl/α,β-unsaturated/α-hetero) is 1. The predicted octanol–water partition coefficient (Wildman–Crippen LogP) is 2.30. The van der Waals surface area contributed by atoms with Gasteiger partial charge >= 0.3 is 5.91 Å². The van der Waals surface area contributed by atoms with E-state index >= 15 is 0 Å². The van der Waals surface area contributed by atoms with E-state index in [1.54, 1.807) is 12.1 Å². The number of carbonyl (C=O) groups excluding carboxylic acids is 2. The minimum Gasteiger partial charge on any atom is -0.283 e. The Hall–Kier alpha value is -2.52. The molecule has 0 saturated carbocycles. The maximum atomic E-state index is 12.7. The number of carbonyl (C=O) groups is 2. The largest absolute Gasteiger partial charge is 0.319 e. The number of rotatable bonds is 2. The molecule has 1 unspecified atom stereocenters. The molecular formula is C18H16NO2+. The Labute approximate surface area is 123 Å². The van der Waals surface area contributed by atoms with E-state index in [1.807, 2.05) is 49.4 Å². The second-order valence-electron chi connectivity index (χ2n) is 5.27. The maximum Gasteiger partial charge on any atom is 0.319 e. The third kappa shape index (κ3) is 2.32. The number of nitrogens with one attached hydrogen (secondary N) is 1. The number of benzene rings is 2. The van der Waals surface area contributed by atoms with E-state index < -0.39 is 0 Å². The van der Waals surface area contributed by atoms with Gasteiger partial charge in [0.05, 0.1) is 6.92 Å². The van der Waals surface area contributed by atoms with Crippen LogP contribution in [0.3, 0.4) is 0 Å². The normalized spacial score (nSPS) is 16.3. The van der Waals surface area contributed by atoms with Crippen LogP contribution in [0, 0.1) is 6.92 Å². The van der Waals surface area contributed by atoms with Gasteiger partial charge in [-0.25, -0.2) is 9.69 Å². The second-order valence-corrected chi connectivity index (χ2v) is 5.27. The highest BCUT2D eigenvalue weighted by Crippen LogP contribution is 2.22. The van der Waals surface area contributed by atoms with Gasteiger partial charge in [-0.1, -0.05) is 42.0 Å².